The summed E-state index contributed by atoms with van der Waals surface area (Å²) in [6, 6.07) is 20.9. The molecule has 4 nitrogen and oxygen atoms in total. The van der Waals surface area contributed by atoms with Gasteiger partial charge in [0, 0.05) is 12.7 Å². The Morgan fingerprint density at radius 2 is 1.55 bits per heavy atom. The number of benzene rings is 2. The maximum atomic E-state index is 11.2. The quantitative estimate of drug-likeness (QED) is 0.389. The minimum absolute atomic E-state index is 0.0918. The summed E-state index contributed by atoms with van der Waals surface area (Å²) in [7, 11) is -1.24. The van der Waals surface area contributed by atoms with E-state index in [9.17, 15) is 9.90 Å². The van der Waals surface area contributed by atoms with Crippen molar-refractivity contribution in [1.82, 2.24) is 0 Å². The molecule has 0 fully saturated rings. The SMILES string of the molecule is COC(=O)/C=C/C[C@H](O)CCO[Si](c1ccccc1)(c1ccccc1)C(C)(C)C. The van der Waals surface area contributed by atoms with Crippen LogP contribution in [0.1, 0.15) is 33.6 Å². The average molecular weight is 413 g/mol. The summed E-state index contributed by atoms with van der Waals surface area (Å²) in [4.78, 5) is 11.2. The number of aliphatic hydroxyl groups is 1. The second kappa shape index (κ2) is 10.5. The van der Waals surface area contributed by atoms with E-state index in [2.05, 4.69) is 74.0 Å². The number of carbonyl (C=O) groups excluding carboxylic acids is 1. The number of hydrogen-bond acceptors (Lipinski definition) is 4. The summed E-state index contributed by atoms with van der Waals surface area (Å²) < 4.78 is 11.3. The van der Waals surface area contributed by atoms with Crippen LogP contribution in [0.5, 0.6) is 0 Å². The minimum atomic E-state index is -2.57. The van der Waals surface area contributed by atoms with Crippen LogP contribution >= 0.6 is 0 Å². The Bertz CT molecular complexity index is 742. The minimum Gasteiger partial charge on any atom is -0.466 e. The van der Waals surface area contributed by atoms with Gasteiger partial charge in [0.15, 0.2) is 0 Å². The van der Waals surface area contributed by atoms with Crippen molar-refractivity contribution in [3.8, 4) is 0 Å². The molecule has 0 aliphatic heterocycles. The summed E-state index contributed by atoms with van der Waals surface area (Å²) >= 11 is 0. The molecule has 29 heavy (non-hydrogen) atoms. The molecule has 2 rings (SSSR count). The number of hydrogen-bond donors (Lipinski definition) is 1. The van der Waals surface area contributed by atoms with Crippen molar-refractivity contribution in [2.75, 3.05) is 13.7 Å². The first-order valence-corrected chi connectivity index (χ1v) is 11.9. The predicted molar refractivity (Wildman–Crippen MR) is 120 cm³/mol. The first-order valence-electron chi connectivity index (χ1n) is 9.99. The van der Waals surface area contributed by atoms with E-state index in [4.69, 9.17) is 4.43 Å². The molecule has 0 saturated carbocycles. The Morgan fingerprint density at radius 3 is 2.00 bits per heavy atom. The van der Waals surface area contributed by atoms with Gasteiger partial charge in [-0.3, -0.25) is 0 Å². The highest BCUT2D eigenvalue weighted by molar-refractivity contribution is 6.99. The monoisotopic (exact) mass is 412 g/mol. The van der Waals surface area contributed by atoms with Gasteiger partial charge in [-0.15, -0.1) is 0 Å². The zero-order valence-electron chi connectivity index (χ0n) is 17.8. The highest BCUT2D eigenvalue weighted by Crippen LogP contribution is 2.36. The van der Waals surface area contributed by atoms with Crippen molar-refractivity contribution in [1.29, 1.82) is 0 Å². The molecular formula is C24H32O4Si. The molecule has 2 aromatic carbocycles. The molecule has 0 heterocycles. The number of aliphatic hydroxyl groups excluding tert-OH is 1. The van der Waals surface area contributed by atoms with E-state index in [0.29, 0.717) is 19.4 Å². The van der Waals surface area contributed by atoms with Gasteiger partial charge < -0.3 is 14.3 Å². The summed E-state index contributed by atoms with van der Waals surface area (Å²) in [6.07, 6.45) is 3.29. The zero-order chi connectivity index (χ0) is 21.3. The molecule has 0 saturated heterocycles. The Labute approximate surface area is 175 Å². The molecule has 0 amide bonds. The van der Waals surface area contributed by atoms with Crippen molar-refractivity contribution in [2.45, 2.75) is 44.8 Å². The van der Waals surface area contributed by atoms with Crippen molar-refractivity contribution in [2.24, 2.45) is 0 Å². The molecule has 5 heteroatoms. The largest absolute Gasteiger partial charge is 0.466 e. The summed E-state index contributed by atoms with van der Waals surface area (Å²) in [6.45, 7) is 7.14. The number of methoxy groups -OCH3 is 1. The Morgan fingerprint density at radius 1 is 1.03 bits per heavy atom. The molecule has 0 aliphatic carbocycles. The highest BCUT2D eigenvalue weighted by atomic mass is 28.4. The van der Waals surface area contributed by atoms with Crippen LogP contribution in [0.4, 0.5) is 0 Å². The van der Waals surface area contributed by atoms with E-state index >= 15 is 0 Å². The summed E-state index contributed by atoms with van der Waals surface area (Å²) in [5, 5.41) is 12.7. The lowest BCUT2D eigenvalue weighted by atomic mass is 10.2. The lowest BCUT2D eigenvalue weighted by molar-refractivity contribution is -0.134. The molecule has 1 N–H and O–H groups in total. The first kappa shape index (κ1) is 23.1. The lowest BCUT2D eigenvalue weighted by Gasteiger charge is -2.43. The molecule has 156 valence electrons. The van der Waals surface area contributed by atoms with Gasteiger partial charge in [-0.25, -0.2) is 4.79 Å². The van der Waals surface area contributed by atoms with E-state index in [1.165, 1.54) is 23.6 Å². The van der Waals surface area contributed by atoms with Crippen LogP contribution in [-0.2, 0) is 14.0 Å². The zero-order valence-corrected chi connectivity index (χ0v) is 18.8. The van der Waals surface area contributed by atoms with E-state index in [1.54, 1.807) is 6.08 Å². The van der Waals surface area contributed by atoms with Crippen LogP contribution in [-0.4, -0.2) is 39.2 Å². The molecule has 0 radical (unpaired) electrons. The molecule has 0 spiro atoms. The van der Waals surface area contributed by atoms with Crippen LogP contribution in [0.3, 0.4) is 0 Å². The van der Waals surface area contributed by atoms with Crippen LogP contribution in [0.15, 0.2) is 72.8 Å². The van der Waals surface area contributed by atoms with E-state index in [1.807, 2.05) is 12.1 Å². The van der Waals surface area contributed by atoms with Gasteiger partial charge in [-0.05, 0) is 28.3 Å². The van der Waals surface area contributed by atoms with Crippen LogP contribution in [0.2, 0.25) is 5.04 Å². The number of ether oxygens (including phenoxy) is 1. The molecule has 0 unspecified atom stereocenters. The van der Waals surface area contributed by atoms with Gasteiger partial charge in [-0.2, -0.15) is 0 Å². The third-order valence-corrected chi connectivity index (χ3v) is 10.1. The van der Waals surface area contributed by atoms with Crippen LogP contribution < -0.4 is 10.4 Å². The average Bonchev–Trinajstić information content (AvgIpc) is 2.71. The molecule has 1 atom stereocenters. The van der Waals surface area contributed by atoms with Crippen molar-refractivity contribution in [3.63, 3.8) is 0 Å². The Hall–Kier alpha value is -2.21. The second-order valence-corrected chi connectivity index (χ2v) is 12.4. The highest BCUT2D eigenvalue weighted by Gasteiger charge is 2.49. The standard InChI is InChI=1S/C24H32O4Si/c1-24(2,3)29(21-13-7-5-8-14-21,22-15-9-6-10-16-22)28-19-18-20(25)12-11-17-23(26)27-4/h5-11,13-17,20,25H,12,18-19H2,1-4H3/b17-11+/t20-/m0/s1. The molecule has 0 aromatic heterocycles. The Kier molecular flexibility index (Phi) is 8.38. The van der Waals surface area contributed by atoms with Crippen molar-refractivity contribution >= 4 is 24.7 Å². The molecule has 2 aromatic rings. The number of rotatable bonds is 9. The molecule has 0 aliphatic rings. The van der Waals surface area contributed by atoms with Gasteiger partial charge in [0.25, 0.3) is 8.32 Å². The normalized spacial score (nSPS) is 13.4. The predicted octanol–water partition coefficient (Wildman–Crippen LogP) is 3.43. The van der Waals surface area contributed by atoms with E-state index in [-0.39, 0.29) is 5.04 Å². The van der Waals surface area contributed by atoms with E-state index in [0.717, 1.165) is 0 Å². The lowest BCUT2D eigenvalue weighted by Crippen LogP contribution is -2.66. The first-order chi connectivity index (χ1) is 13.8. The van der Waals surface area contributed by atoms with Gasteiger partial charge >= 0.3 is 5.97 Å². The maximum absolute atomic E-state index is 11.2. The fraction of sp³-hybridized carbons (Fsp3) is 0.375. The smallest absolute Gasteiger partial charge is 0.330 e. The van der Waals surface area contributed by atoms with Gasteiger partial charge in [-0.1, -0.05) is 87.5 Å². The van der Waals surface area contributed by atoms with Gasteiger partial charge in [0.05, 0.1) is 13.2 Å². The van der Waals surface area contributed by atoms with Crippen LogP contribution in [0.25, 0.3) is 0 Å². The number of esters is 1. The third-order valence-electron chi connectivity index (χ3n) is 5.05. The summed E-state index contributed by atoms with van der Waals surface area (Å²) in [5.74, 6) is -0.416. The number of carbonyl (C=O) groups is 1. The Balaban J connectivity index is 2.23. The second-order valence-electron chi connectivity index (χ2n) is 8.12. The van der Waals surface area contributed by atoms with Crippen LogP contribution in [0, 0.1) is 0 Å². The third kappa shape index (κ3) is 5.89. The summed E-state index contributed by atoms with van der Waals surface area (Å²) in [5.41, 5.74) is 0. The van der Waals surface area contributed by atoms with Gasteiger partial charge in [0.1, 0.15) is 0 Å². The molecule has 0 bridgehead atoms. The topological polar surface area (TPSA) is 55.8 Å². The maximum Gasteiger partial charge on any atom is 0.330 e. The van der Waals surface area contributed by atoms with E-state index < -0.39 is 20.4 Å². The fourth-order valence-electron chi connectivity index (χ4n) is 3.62. The molecular weight excluding hydrogens is 380 g/mol. The fourth-order valence-corrected chi connectivity index (χ4v) is 8.20. The van der Waals surface area contributed by atoms with Gasteiger partial charge in [0.2, 0.25) is 0 Å². The van der Waals surface area contributed by atoms with Crippen molar-refractivity contribution < 1.29 is 19.1 Å². The van der Waals surface area contributed by atoms with Crippen molar-refractivity contribution in [3.05, 3.63) is 72.8 Å².